The van der Waals surface area contributed by atoms with E-state index in [1.54, 1.807) is 0 Å². The first-order valence-electron chi connectivity index (χ1n) is 12.9. The lowest BCUT2D eigenvalue weighted by atomic mass is 9.85. The predicted octanol–water partition coefficient (Wildman–Crippen LogP) is 7.00. The zero-order valence-corrected chi connectivity index (χ0v) is 20.6. The summed E-state index contributed by atoms with van der Waals surface area (Å²) in [5.41, 5.74) is 11.2. The second kappa shape index (κ2) is 10.6. The Morgan fingerprint density at radius 3 is 2.51 bits per heavy atom. The molecule has 2 nitrogen and oxygen atoms in total. The van der Waals surface area contributed by atoms with Crippen molar-refractivity contribution in [2.24, 2.45) is 5.92 Å². The molecular weight excluding hydrogens is 431 g/mol. The number of alkyl halides is 1. The van der Waals surface area contributed by atoms with Crippen LogP contribution in [0.5, 0.6) is 0 Å². The SMILES string of the molecule is Cc1cc(C#N)ccc1C1=C(c2ccc(CC3CN(CCCF)C3)cc2)c2ccccc2CCC1. The summed E-state index contributed by atoms with van der Waals surface area (Å²) in [6, 6.07) is 26.4. The maximum Gasteiger partial charge on any atom is 0.0991 e. The number of aryl methyl sites for hydroxylation is 2. The van der Waals surface area contributed by atoms with E-state index in [0.717, 1.165) is 50.9 Å². The lowest BCUT2D eigenvalue weighted by molar-refractivity contribution is 0.0968. The number of hydrogen-bond acceptors (Lipinski definition) is 2. The van der Waals surface area contributed by atoms with E-state index in [1.807, 2.05) is 12.1 Å². The average molecular weight is 465 g/mol. The lowest BCUT2D eigenvalue weighted by Gasteiger charge is -2.39. The molecule has 0 atom stereocenters. The van der Waals surface area contributed by atoms with Gasteiger partial charge < -0.3 is 4.90 Å². The van der Waals surface area contributed by atoms with Gasteiger partial charge in [-0.1, -0.05) is 54.6 Å². The smallest absolute Gasteiger partial charge is 0.0991 e. The van der Waals surface area contributed by atoms with Crippen molar-refractivity contribution in [2.75, 3.05) is 26.3 Å². The minimum absolute atomic E-state index is 0.217. The van der Waals surface area contributed by atoms with E-state index < -0.39 is 0 Å². The molecular formula is C32H33FN2. The molecule has 0 N–H and O–H groups in total. The predicted molar refractivity (Wildman–Crippen MR) is 142 cm³/mol. The van der Waals surface area contributed by atoms with Gasteiger partial charge in [0.25, 0.3) is 0 Å². The molecule has 0 spiro atoms. The molecule has 178 valence electrons. The monoisotopic (exact) mass is 464 g/mol. The van der Waals surface area contributed by atoms with Gasteiger partial charge >= 0.3 is 0 Å². The van der Waals surface area contributed by atoms with E-state index in [2.05, 4.69) is 72.5 Å². The highest BCUT2D eigenvalue weighted by Crippen LogP contribution is 2.41. The Morgan fingerprint density at radius 1 is 0.971 bits per heavy atom. The molecule has 2 aliphatic rings. The van der Waals surface area contributed by atoms with E-state index in [4.69, 9.17) is 0 Å². The first-order valence-corrected chi connectivity index (χ1v) is 12.9. The van der Waals surface area contributed by atoms with E-state index >= 15 is 0 Å². The van der Waals surface area contributed by atoms with Crippen molar-refractivity contribution in [3.8, 4) is 6.07 Å². The second-order valence-electron chi connectivity index (χ2n) is 10.1. The van der Waals surface area contributed by atoms with Crippen LogP contribution in [-0.2, 0) is 12.8 Å². The zero-order chi connectivity index (χ0) is 24.2. The summed E-state index contributed by atoms with van der Waals surface area (Å²) < 4.78 is 12.4. The molecule has 0 bridgehead atoms. The quantitative estimate of drug-likeness (QED) is 0.377. The first-order chi connectivity index (χ1) is 17.2. The van der Waals surface area contributed by atoms with E-state index in [0.29, 0.717) is 17.9 Å². The minimum Gasteiger partial charge on any atom is -0.303 e. The lowest BCUT2D eigenvalue weighted by Crippen LogP contribution is -2.47. The molecule has 0 amide bonds. The van der Waals surface area contributed by atoms with Gasteiger partial charge in [-0.25, -0.2) is 0 Å². The molecule has 5 rings (SSSR count). The summed E-state index contributed by atoms with van der Waals surface area (Å²) in [6.45, 7) is 4.96. The second-order valence-corrected chi connectivity index (χ2v) is 10.1. The Hall–Kier alpha value is -3.22. The Labute approximate surface area is 208 Å². The highest BCUT2D eigenvalue weighted by atomic mass is 19.1. The highest BCUT2D eigenvalue weighted by molar-refractivity contribution is 6.00. The fourth-order valence-electron chi connectivity index (χ4n) is 5.81. The van der Waals surface area contributed by atoms with E-state index in [9.17, 15) is 9.65 Å². The molecule has 3 heteroatoms. The molecule has 1 aliphatic carbocycles. The Balaban J connectivity index is 1.48. The number of nitriles is 1. The molecule has 3 aromatic carbocycles. The zero-order valence-electron chi connectivity index (χ0n) is 20.6. The summed E-state index contributed by atoms with van der Waals surface area (Å²) in [4.78, 5) is 2.36. The van der Waals surface area contributed by atoms with Gasteiger partial charge in [-0.15, -0.1) is 0 Å². The topological polar surface area (TPSA) is 27.0 Å². The number of nitrogens with zero attached hydrogens (tertiary/aromatic N) is 2. The van der Waals surface area contributed by atoms with Crippen molar-refractivity contribution < 1.29 is 4.39 Å². The number of allylic oxidation sites excluding steroid dienone is 1. The van der Waals surface area contributed by atoms with Gasteiger partial charge in [0.15, 0.2) is 0 Å². The molecule has 1 fully saturated rings. The molecule has 1 saturated heterocycles. The van der Waals surface area contributed by atoms with Gasteiger partial charge in [-0.2, -0.15) is 5.26 Å². The van der Waals surface area contributed by atoms with Crippen molar-refractivity contribution in [1.29, 1.82) is 5.26 Å². The van der Waals surface area contributed by atoms with Crippen LogP contribution in [-0.4, -0.2) is 31.2 Å². The van der Waals surface area contributed by atoms with Crippen molar-refractivity contribution >= 4 is 11.1 Å². The van der Waals surface area contributed by atoms with Crippen LogP contribution in [0.4, 0.5) is 4.39 Å². The fraction of sp³-hybridized carbons (Fsp3) is 0.344. The first kappa shape index (κ1) is 23.5. The van der Waals surface area contributed by atoms with Crippen LogP contribution >= 0.6 is 0 Å². The van der Waals surface area contributed by atoms with Crippen molar-refractivity contribution in [1.82, 2.24) is 4.90 Å². The molecule has 1 aliphatic heterocycles. The van der Waals surface area contributed by atoms with Gasteiger partial charge in [-0.3, -0.25) is 4.39 Å². The third kappa shape index (κ3) is 5.09. The maximum atomic E-state index is 12.4. The third-order valence-electron chi connectivity index (χ3n) is 7.55. The average Bonchev–Trinajstić information content (AvgIpc) is 3.05. The number of halogens is 1. The molecule has 3 aromatic rings. The van der Waals surface area contributed by atoms with Crippen molar-refractivity contribution in [3.63, 3.8) is 0 Å². The third-order valence-corrected chi connectivity index (χ3v) is 7.55. The van der Waals surface area contributed by atoms with Gasteiger partial charge in [0.2, 0.25) is 0 Å². The Morgan fingerprint density at radius 2 is 1.77 bits per heavy atom. The summed E-state index contributed by atoms with van der Waals surface area (Å²) in [5, 5.41) is 9.35. The Bertz CT molecular complexity index is 1260. The number of fused-ring (bicyclic) bond motifs is 1. The van der Waals surface area contributed by atoms with Crippen LogP contribution in [0.15, 0.2) is 66.7 Å². The molecule has 35 heavy (non-hydrogen) atoms. The summed E-state index contributed by atoms with van der Waals surface area (Å²) in [7, 11) is 0. The summed E-state index contributed by atoms with van der Waals surface area (Å²) in [5.74, 6) is 0.676. The van der Waals surface area contributed by atoms with Crippen LogP contribution in [0.3, 0.4) is 0 Å². The molecule has 0 radical (unpaired) electrons. The van der Waals surface area contributed by atoms with E-state index in [-0.39, 0.29) is 6.67 Å². The number of rotatable bonds is 7. The standard InChI is InChI=1S/C32H33FN2/c1-23-18-25(20-34)12-15-29(23)31-9-4-7-27-6-2-3-8-30(27)32(31)28-13-10-24(11-14-28)19-26-21-35(22-26)17-5-16-33/h2-3,6,8,10-15,18,26H,4-5,7,9,16-17,19,21-22H2,1H3. The van der Waals surface area contributed by atoms with Gasteiger partial charge in [0, 0.05) is 19.6 Å². The number of benzene rings is 3. The van der Waals surface area contributed by atoms with Gasteiger partial charge in [0.05, 0.1) is 18.3 Å². The summed E-state index contributed by atoms with van der Waals surface area (Å²) >= 11 is 0. The van der Waals surface area contributed by atoms with Crippen molar-refractivity contribution in [3.05, 3.63) is 106 Å². The fourth-order valence-corrected chi connectivity index (χ4v) is 5.81. The van der Waals surface area contributed by atoms with Crippen LogP contribution in [0.2, 0.25) is 0 Å². The number of hydrogen-bond donors (Lipinski definition) is 0. The number of likely N-dealkylation sites (tertiary alicyclic amines) is 1. The molecule has 0 aromatic heterocycles. The van der Waals surface area contributed by atoms with Gasteiger partial charge in [-0.05, 0) is 102 Å². The Kier molecular flexibility index (Phi) is 7.11. The maximum absolute atomic E-state index is 12.4. The van der Waals surface area contributed by atoms with E-state index in [1.165, 1.54) is 39.0 Å². The molecule has 1 heterocycles. The highest BCUT2D eigenvalue weighted by Gasteiger charge is 2.26. The normalized spacial score (nSPS) is 16.4. The molecule has 0 saturated carbocycles. The van der Waals surface area contributed by atoms with Crippen molar-refractivity contribution in [2.45, 2.75) is 39.0 Å². The van der Waals surface area contributed by atoms with Crippen LogP contribution in [0.25, 0.3) is 11.1 Å². The largest absolute Gasteiger partial charge is 0.303 e. The molecule has 0 unspecified atom stereocenters. The minimum atomic E-state index is -0.217. The van der Waals surface area contributed by atoms with Crippen LogP contribution in [0, 0.1) is 24.2 Å². The van der Waals surface area contributed by atoms with Crippen LogP contribution in [0.1, 0.15) is 58.2 Å². The summed E-state index contributed by atoms with van der Waals surface area (Å²) in [6.07, 6.45) is 4.96. The van der Waals surface area contributed by atoms with Crippen LogP contribution < -0.4 is 0 Å². The van der Waals surface area contributed by atoms with Gasteiger partial charge in [0.1, 0.15) is 0 Å².